The van der Waals surface area contributed by atoms with E-state index in [4.69, 9.17) is 25.5 Å². The van der Waals surface area contributed by atoms with E-state index in [9.17, 15) is 9.18 Å². The van der Waals surface area contributed by atoms with Gasteiger partial charge < -0.3 is 19.2 Å². The van der Waals surface area contributed by atoms with E-state index < -0.39 is 11.4 Å². The zero-order valence-corrected chi connectivity index (χ0v) is 19.5. The molecule has 3 fully saturated rings. The number of nitrogens with zero attached hydrogens (tertiary/aromatic N) is 3. The van der Waals surface area contributed by atoms with Crippen molar-refractivity contribution in [2.24, 2.45) is 5.92 Å². The highest BCUT2D eigenvalue weighted by atomic mass is 35.5. The van der Waals surface area contributed by atoms with Crippen molar-refractivity contribution in [2.75, 3.05) is 6.61 Å². The number of carbonyl (C=O) groups is 1. The number of halogens is 2. The molecular weight excluding hydrogens is 463 g/mol. The molecule has 1 atom stereocenters. The van der Waals surface area contributed by atoms with E-state index in [2.05, 4.69) is 34.3 Å². The first-order valence-electron chi connectivity index (χ1n) is 11.1. The number of hydrogen-bond donors (Lipinski definition) is 1. The van der Waals surface area contributed by atoms with Crippen LogP contribution in [0.3, 0.4) is 0 Å². The Morgan fingerprint density at radius 3 is 2.68 bits per heavy atom. The maximum absolute atomic E-state index is 13.5. The molecule has 3 aromatic rings. The second-order valence-electron chi connectivity index (χ2n) is 9.11. The third-order valence-corrected chi connectivity index (χ3v) is 6.74. The molecule has 3 aliphatic carbocycles. The van der Waals surface area contributed by atoms with Crippen LogP contribution >= 0.6 is 11.6 Å². The van der Waals surface area contributed by atoms with E-state index in [0.717, 1.165) is 24.6 Å². The third-order valence-electron chi connectivity index (χ3n) is 6.43. The Hall–Kier alpha value is -3.20. The summed E-state index contributed by atoms with van der Waals surface area (Å²) in [5.41, 5.74) is 0.590. The fourth-order valence-electron chi connectivity index (χ4n) is 4.56. The average molecular weight is 487 g/mol. The van der Waals surface area contributed by atoms with Gasteiger partial charge in [-0.1, -0.05) is 25.4 Å². The monoisotopic (exact) mass is 486 g/mol. The summed E-state index contributed by atoms with van der Waals surface area (Å²) in [6, 6.07) is 7.84. The Bertz CT molecular complexity index is 1190. The van der Waals surface area contributed by atoms with Gasteiger partial charge in [0.2, 0.25) is 5.89 Å². The minimum Gasteiger partial charge on any atom is -0.484 e. The highest BCUT2D eigenvalue weighted by Crippen LogP contribution is 2.66. The number of pyridine rings is 1. The summed E-state index contributed by atoms with van der Waals surface area (Å²) in [4.78, 5) is 16.8. The lowest BCUT2D eigenvalue weighted by molar-refractivity contribution is -0.142. The van der Waals surface area contributed by atoms with Crippen molar-refractivity contribution in [1.29, 1.82) is 0 Å². The summed E-state index contributed by atoms with van der Waals surface area (Å²) in [5, 5.41) is 11.3. The quantitative estimate of drug-likeness (QED) is 0.478. The summed E-state index contributed by atoms with van der Waals surface area (Å²) >= 11 is 5.66. The van der Waals surface area contributed by atoms with Gasteiger partial charge in [0.1, 0.15) is 17.3 Å². The van der Waals surface area contributed by atoms with Crippen LogP contribution in [0.25, 0.3) is 0 Å². The number of aromatic nitrogens is 3. The van der Waals surface area contributed by atoms with Crippen molar-refractivity contribution in [3.05, 3.63) is 64.8 Å². The van der Waals surface area contributed by atoms with E-state index in [1.54, 1.807) is 6.20 Å². The minimum absolute atomic E-state index is 0.00136. The van der Waals surface area contributed by atoms with Gasteiger partial charge in [-0.05, 0) is 48.9 Å². The molecule has 1 N–H and O–H groups in total. The van der Waals surface area contributed by atoms with Crippen LogP contribution in [0.4, 0.5) is 4.39 Å². The standard InChI is InChI=1S/C24H24ClFN4O4/c1-13(2)19-6-4-16(10-27-19)33-12-21-29-30-23(34-21)22-14-8-24(22,9-14)28-20(31)11-32-15-3-5-17(25)18(26)7-15/h3-7,10,13-14,22H,8-9,11-12H2,1-2H3,(H,28,31). The molecule has 2 heterocycles. The number of hydrogen-bond acceptors (Lipinski definition) is 7. The van der Waals surface area contributed by atoms with Gasteiger partial charge >= 0.3 is 0 Å². The summed E-state index contributed by atoms with van der Waals surface area (Å²) < 4.78 is 30.5. The van der Waals surface area contributed by atoms with Gasteiger partial charge in [0.15, 0.2) is 13.2 Å². The van der Waals surface area contributed by atoms with E-state index in [-0.39, 0.29) is 35.8 Å². The molecule has 0 radical (unpaired) electrons. The smallest absolute Gasteiger partial charge is 0.258 e. The van der Waals surface area contributed by atoms with Crippen molar-refractivity contribution in [3.8, 4) is 11.5 Å². The maximum atomic E-state index is 13.5. The fourth-order valence-corrected chi connectivity index (χ4v) is 4.67. The van der Waals surface area contributed by atoms with Crippen molar-refractivity contribution >= 4 is 17.5 Å². The van der Waals surface area contributed by atoms with Gasteiger partial charge in [0.25, 0.3) is 11.8 Å². The third kappa shape index (κ3) is 4.32. The van der Waals surface area contributed by atoms with Gasteiger partial charge in [-0.2, -0.15) is 0 Å². The number of rotatable bonds is 9. The number of amides is 1. The largest absolute Gasteiger partial charge is 0.484 e. The number of nitrogens with one attached hydrogen (secondary N) is 1. The Labute approximate surface area is 200 Å². The molecular formula is C24H24ClFN4O4. The molecule has 8 nitrogen and oxygen atoms in total. The highest BCUT2D eigenvalue weighted by molar-refractivity contribution is 6.30. The number of carbonyl (C=O) groups excluding carboxylic acids is 1. The normalized spacial score (nSPS) is 22.6. The first-order chi connectivity index (χ1) is 16.3. The predicted octanol–water partition coefficient (Wildman–Crippen LogP) is 4.40. The average Bonchev–Trinajstić information content (AvgIpc) is 3.23. The van der Waals surface area contributed by atoms with Crippen LogP contribution in [-0.4, -0.2) is 33.2 Å². The first kappa shape index (κ1) is 22.6. The van der Waals surface area contributed by atoms with Crippen LogP contribution < -0.4 is 14.8 Å². The SMILES string of the molecule is CC(C)c1ccc(OCc2nnc(C3C4CC3(NC(=O)COc3ccc(Cl)c(F)c3)C4)o2)cn1. The van der Waals surface area contributed by atoms with Gasteiger partial charge in [0.05, 0.1) is 22.7 Å². The Kier molecular flexibility index (Phi) is 5.89. The zero-order chi connectivity index (χ0) is 23.9. The van der Waals surface area contributed by atoms with Crippen LogP contribution in [0.1, 0.15) is 56.0 Å². The molecule has 6 rings (SSSR count). The second kappa shape index (κ2) is 8.87. The molecule has 3 saturated carbocycles. The molecule has 1 unspecified atom stereocenters. The lowest BCUT2D eigenvalue weighted by atomic mass is 9.42. The van der Waals surface area contributed by atoms with Gasteiger partial charge in [-0.25, -0.2) is 4.39 Å². The summed E-state index contributed by atoms with van der Waals surface area (Å²) in [7, 11) is 0. The molecule has 178 valence electrons. The Morgan fingerprint density at radius 1 is 1.24 bits per heavy atom. The lowest BCUT2D eigenvalue weighted by Gasteiger charge is -2.66. The van der Waals surface area contributed by atoms with E-state index in [0.29, 0.717) is 29.4 Å². The molecule has 3 aliphatic rings. The van der Waals surface area contributed by atoms with Crippen LogP contribution in [0.2, 0.25) is 5.02 Å². The van der Waals surface area contributed by atoms with Crippen LogP contribution in [-0.2, 0) is 11.4 Å². The Morgan fingerprint density at radius 2 is 2.03 bits per heavy atom. The molecule has 0 saturated heterocycles. The number of ether oxygens (including phenoxy) is 2. The fraction of sp³-hybridized carbons (Fsp3) is 0.417. The van der Waals surface area contributed by atoms with Gasteiger partial charge in [0, 0.05) is 11.8 Å². The zero-order valence-electron chi connectivity index (χ0n) is 18.8. The van der Waals surface area contributed by atoms with Gasteiger partial charge in [-0.3, -0.25) is 9.78 Å². The Balaban J connectivity index is 1.14. The lowest BCUT2D eigenvalue weighted by Crippen LogP contribution is -2.74. The molecule has 1 amide bonds. The molecule has 0 aliphatic heterocycles. The number of benzene rings is 1. The van der Waals surface area contributed by atoms with Crippen LogP contribution in [0.15, 0.2) is 40.9 Å². The summed E-state index contributed by atoms with van der Waals surface area (Å²) in [5.74, 6) is 1.55. The first-order valence-corrected chi connectivity index (χ1v) is 11.5. The van der Waals surface area contributed by atoms with Crippen molar-refractivity contribution < 1.29 is 23.1 Å². The van der Waals surface area contributed by atoms with E-state index in [1.165, 1.54) is 12.1 Å². The van der Waals surface area contributed by atoms with Crippen molar-refractivity contribution in [3.63, 3.8) is 0 Å². The minimum atomic E-state index is -0.598. The summed E-state index contributed by atoms with van der Waals surface area (Å²) in [6.45, 7) is 4.07. The van der Waals surface area contributed by atoms with E-state index in [1.807, 2.05) is 12.1 Å². The van der Waals surface area contributed by atoms with Crippen LogP contribution in [0.5, 0.6) is 11.5 Å². The summed E-state index contributed by atoms with van der Waals surface area (Å²) in [6.07, 6.45) is 3.38. The molecule has 10 heteroatoms. The van der Waals surface area contributed by atoms with E-state index >= 15 is 0 Å². The molecule has 1 aromatic carbocycles. The molecule has 34 heavy (non-hydrogen) atoms. The van der Waals surface area contributed by atoms with Crippen molar-refractivity contribution in [1.82, 2.24) is 20.5 Å². The van der Waals surface area contributed by atoms with Crippen molar-refractivity contribution in [2.45, 2.75) is 50.7 Å². The second-order valence-corrected chi connectivity index (χ2v) is 9.52. The molecule has 2 bridgehead atoms. The van der Waals surface area contributed by atoms with Crippen LogP contribution in [0, 0.1) is 11.7 Å². The molecule has 0 spiro atoms. The topological polar surface area (TPSA) is 99.4 Å². The highest BCUT2D eigenvalue weighted by Gasteiger charge is 2.68. The maximum Gasteiger partial charge on any atom is 0.258 e. The predicted molar refractivity (Wildman–Crippen MR) is 120 cm³/mol. The van der Waals surface area contributed by atoms with Gasteiger partial charge in [-0.15, -0.1) is 10.2 Å². The molecule has 2 aromatic heterocycles.